The summed E-state index contributed by atoms with van der Waals surface area (Å²) < 4.78 is 1.11. The van der Waals surface area contributed by atoms with Gasteiger partial charge in [-0.05, 0) is 46.2 Å². The number of thiophene rings is 1. The van der Waals surface area contributed by atoms with Crippen molar-refractivity contribution in [1.82, 2.24) is 0 Å². The number of thioether (sulfide) groups is 1. The van der Waals surface area contributed by atoms with E-state index in [2.05, 4.69) is 6.07 Å². The molecule has 0 atom stereocenters. The van der Waals surface area contributed by atoms with Crippen LogP contribution in [0.25, 0.3) is 10.1 Å². The fraction of sp³-hybridized carbons (Fsp3) is 0.118. The lowest BCUT2D eigenvalue weighted by Crippen LogP contribution is -1.98. The summed E-state index contributed by atoms with van der Waals surface area (Å²) in [6, 6.07) is 11.6. The van der Waals surface area contributed by atoms with E-state index >= 15 is 0 Å². The number of carboxylic acids is 1. The third kappa shape index (κ3) is 4.01. The maximum Gasteiger partial charge on any atom is 0.307 e. The Kier molecular flexibility index (Phi) is 5.17. The Balaban J connectivity index is 1.77. The molecule has 0 radical (unpaired) electrons. The molecule has 118 valence electrons. The molecule has 0 aliphatic carbocycles. The second-order valence-electron chi connectivity index (χ2n) is 5.01. The molecule has 0 unspecified atom stereocenters. The molecule has 3 rings (SSSR count). The summed E-state index contributed by atoms with van der Waals surface area (Å²) in [6.45, 7) is 0. The lowest BCUT2D eigenvalue weighted by Gasteiger charge is -2.05. The fourth-order valence-corrected chi connectivity index (χ4v) is 4.82. The molecule has 0 spiro atoms. The monoisotopic (exact) mass is 382 g/mol. The van der Waals surface area contributed by atoms with Crippen LogP contribution in [0.3, 0.4) is 0 Å². The summed E-state index contributed by atoms with van der Waals surface area (Å²) in [5.41, 5.74) is 1.91. The van der Waals surface area contributed by atoms with Gasteiger partial charge in [0.2, 0.25) is 0 Å². The zero-order chi connectivity index (χ0) is 16.4. The topological polar surface area (TPSA) is 37.3 Å². The molecule has 2 nitrogen and oxygen atoms in total. The number of hydrogen-bond acceptors (Lipinski definition) is 3. The number of aliphatic carboxylic acids is 1. The predicted octanol–water partition coefficient (Wildman–Crippen LogP) is 6.13. The summed E-state index contributed by atoms with van der Waals surface area (Å²) in [5, 5.41) is 13.2. The zero-order valence-electron chi connectivity index (χ0n) is 11.9. The molecule has 0 fully saturated rings. The molecule has 3 aromatic rings. The molecule has 1 heterocycles. The predicted molar refractivity (Wildman–Crippen MR) is 99.2 cm³/mol. The number of carboxylic acid groups (broad SMARTS) is 1. The lowest BCUT2D eigenvalue weighted by atomic mass is 10.1. The van der Waals surface area contributed by atoms with E-state index in [1.807, 2.05) is 29.6 Å². The molecule has 2 aromatic carbocycles. The number of carbonyl (C=O) groups is 1. The highest BCUT2D eigenvalue weighted by Gasteiger charge is 2.09. The third-order valence-corrected chi connectivity index (χ3v) is 6.00. The number of rotatable bonds is 5. The van der Waals surface area contributed by atoms with Crippen molar-refractivity contribution >= 4 is 62.4 Å². The molecule has 0 aliphatic heterocycles. The van der Waals surface area contributed by atoms with Gasteiger partial charge in [-0.1, -0.05) is 35.3 Å². The molecule has 1 aromatic heterocycles. The molecule has 6 heteroatoms. The third-order valence-electron chi connectivity index (χ3n) is 3.38. The Morgan fingerprint density at radius 2 is 1.96 bits per heavy atom. The van der Waals surface area contributed by atoms with Gasteiger partial charge in [-0.15, -0.1) is 23.1 Å². The molecule has 0 saturated carbocycles. The molecule has 1 N–H and O–H groups in total. The van der Waals surface area contributed by atoms with E-state index in [9.17, 15) is 4.79 Å². The van der Waals surface area contributed by atoms with Crippen LogP contribution in [-0.2, 0) is 17.0 Å². The van der Waals surface area contributed by atoms with E-state index in [-0.39, 0.29) is 6.42 Å². The van der Waals surface area contributed by atoms with Gasteiger partial charge in [0.15, 0.2) is 0 Å². The fourth-order valence-electron chi connectivity index (χ4n) is 2.25. The van der Waals surface area contributed by atoms with Crippen LogP contribution in [-0.4, -0.2) is 11.1 Å². The molecule has 0 bridgehead atoms. The van der Waals surface area contributed by atoms with Gasteiger partial charge in [0, 0.05) is 25.4 Å². The van der Waals surface area contributed by atoms with E-state index in [0.29, 0.717) is 10.0 Å². The smallest absolute Gasteiger partial charge is 0.307 e. The first-order chi connectivity index (χ1) is 11.0. The van der Waals surface area contributed by atoms with Gasteiger partial charge in [-0.2, -0.15) is 0 Å². The van der Waals surface area contributed by atoms with Crippen LogP contribution >= 0.6 is 46.3 Å². The van der Waals surface area contributed by atoms with Gasteiger partial charge in [-0.25, -0.2) is 0 Å². The van der Waals surface area contributed by atoms with E-state index in [1.165, 1.54) is 0 Å². The van der Waals surface area contributed by atoms with Crippen molar-refractivity contribution < 1.29 is 9.90 Å². The molecule has 0 saturated heterocycles. The quantitative estimate of drug-likeness (QED) is 0.539. The Morgan fingerprint density at radius 1 is 1.13 bits per heavy atom. The van der Waals surface area contributed by atoms with Crippen molar-refractivity contribution in [2.75, 3.05) is 0 Å². The normalized spacial score (nSPS) is 11.0. The second kappa shape index (κ2) is 7.14. The highest BCUT2D eigenvalue weighted by atomic mass is 35.5. The maximum atomic E-state index is 10.9. The maximum absolute atomic E-state index is 10.9. The van der Waals surface area contributed by atoms with Crippen molar-refractivity contribution in [3.05, 3.63) is 63.0 Å². The summed E-state index contributed by atoms with van der Waals surface area (Å²) >= 11 is 15.4. The van der Waals surface area contributed by atoms with Crippen LogP contribution in [0.4, 0.5) is 0 Å². The highest BCUT2D eigenvalue weighted by Crippen LogP contribution is 2.33. The van der Waals surface area contributed by atoms with Crippen LogP contribution < -0.4 is 0 Å². The first kappa shape index (κ1) is 16.7. The van der Waals surface area contributed by atoms with E-state index in [1.54, 1.807) is 29.2 Å². The molecule has 0 aliphatic rings. The van der Waals surface area contributed by atoms with Crippen LogP contribution in [0.5, 0.6) is 0 Å². The average Bonchev–Trinajstić information content (AvgIpc) is 2.88. The Labute approximate surface area is 152 Å². The van der Waals surface area contributed by atoms with Gasteiger partial charge in [0.05, 0.1) is 6.42 Å². The summed E-state index contributed by atoms with van der Waals surface area (Å²) in [6.07, 6.45) is 0.0624. The van der Waals surface area contributed by atoms with Crippen LogP contribution in [0.1, 0.15) is 11.1 Å². The van der Waals surface area contributed by atoms with Crippen molar-refractivity contribution in [2.45, 2.75) is 17.1 Å². The number of fused-ring (bicyclic) bond motifs is 1. The SMILES string of the molecule is O=C(O)Cc1csc2cc(SCc3ccc(Cl)cc3Cl)ccc12. The molecular formula is C17H12Cl2O2S2. The molecule has 23 heavy (non-hydrogen) atoms. The van der Waals surface area contributed by atoms with Gasteiger partial charge < -0.3 is 5.11 Å². The Morgan fingerprint density at radius 3 is 2.70 bits per heavy atom. The van der Waals surface area contributed by atoms with Crippen molar-refractivity contribution in [3.8, 4) is 0 Å². The first-order valence-corrected chi connectivity index (χ1v) is 9.43. The summed E-state index contributed by atoms with van der Waals surface area (Å²) in [4.78, 5) is 12.0. The van der Waals surface area contributed by atoms with Gasteiger partial charge in [0.25, 0.3) is 0 Å². The van der Waals surface area contributed by atoms with Crippen molar-refractivity contribution in [1.29, 1.82) is 0 Å². The van der Waals surface area contributed by atoms with E-state index in [0.717, 1.165) is 31.9 Å². The Hall–Kier alpha value is -1.20. The van der Waals surface area contributed by atoms with Crippen LogP contribution in [0.2, 0.25) is 10.0 Å². The minimum atomic E-state index is -0.805. The minimum absolute atomic E-state index is 0.0624. The minimum Gasteiger partial charge on any atom is -0.481 e. The van der Waals surface area contributed by atoms with Crippen molar-refractivity contribution in [2.24, 2.45) is 0 Å². The first-order valence-electron chi connectivity index (χ1n) is 6.81. The largest absolute Gasteiger partial charge is 0.481 e. The average molecular weight is 383 g/mol. The highest BCUT2D eigenvalue weighted by molar-refractivity contribution is 7.98. The summed E-state index contributed by atoms with van der Waals surface area (Å²) in [7, 11) is 0. The van der Waals surface area contributed by atoms with E-state index in [4.69, 9.17) is 28.3 Å². The Bertz CT molecular complexity index is 874. The lowest BCUT2D eigenvalue weighted by molar-refractivity contribution is -0.136. The van der Waals surface area contributed by atoms with Crippen LogP contribution in [0.15, 0.2) is 46.7 Å². The number of halogens is 2. The standard InChI is InChI=1S/C17H12Cl2O2S2/c18-12-2-1-10(15(19)6-12)8-22-13-3-4-14-11(5-17(20)21)9-23-16(14)7-13/h1-4,6-7,9H,5,8H2,(H,20,21). The molecular weight excluding hydrogens is 371 g/mol. The number of hydrogen-bond donors (Lipinski definition) is 1. The number of benzene rings is 2. The van der Waals surface area contributed by atoms with Gasteiger partial charge in [0.1, 0.15) is 0 Å². The second-order valence-corrected chi connectivity index (χ2v) is 7.82. The van der Waals surface area contributed by atoms with E-state index < -0.39 is 5.97 Å². The van der Waals surface area contributed by atoms with Crippen molar-refractivity contribution in [3.63, 3.8) is 0 Å². The van der Waals surface area contributed by atoms with Crippen LogP contribution in [0, 0.1) is 0 Å². The van der Waals surface area contributed by atoms with Gasteiger partial charge >= 0.3 is 5.97 Å². The summed E-state index contributed by atoms with van der Waals surface area (Å²) in [5.74, 6) is -0.0463. The molecule has 0 amide bonds. The zero-order valence-corrected chi connectivity index (χ0v) is 15.0. The van der Waals surface area contributed by atoms with Gasteiger partial charge in [-0.3, -0.25) is 4.79 Å².